The van der Waals surface area contributed by atoms with Crippen LogP contribution in [0.25, 0.3) is 10.8 Å². The van der Waals surface area contributed by atoms with Gasteiger partial charge in [-0.3, -0.25) is 0 Å². The average molecular weight is 212 g/mol. The van der Waals surface area contributed by atoms with Crippen LogP contribution in [0.3, 0.4) is 0 Å². The number of nitrogens with zero attached hydrogens (tertiary/aromatic N) is 2. The molecule has 68 valence electrons. The summed E-state index contributed by atoms with van der Waals surface area (Å²) in [5.41, 5.74) is 0. The van der Waals surface area contributed by atoms with Crippen molar-refractivity contribution in [2.75, 3.05) is 6.26 Å². The molecule has 0 amide bonds. The molecule has 0 aromatic carbocycles. The van der Waals surface area contributed by atoms with Crippen LogP contribution in [0.15, 0.2) is 22.0 Å². The highest BCUT2D eigenvalue weighted by atomic mass is 32.2. The highest BCUT2D eigenvalue weighted by molar-refractivity contribution is 7.97. The number of aromatic nitrogens is 2. The number of thioether (sulfide) groups is 1. The lowest BCUT2D eigenvalue weighted by molar-refractivity contribution is 0.426. The Morgan fingerprint density at radius 1 is 1.62 bits per heavy atom. The quantitative estimate of drug-likeness (QED) is 0.784. The van der Waals surface area contributed by atoms with Gasteiger partial charge < -0.3 is 4.52 Å². The van der Waals surface area contributed by atoms with Gasteiger partial charge >= 0.3 is 0 Å². The van der Waals surface area contributed by atoms with Crippen molar-refractivity contribution in [1.29, 1.82) is 0 Å². The van der Waals surface area contributed by atoms with E-state index in [4.69, 9.17) is 4.52 Å². The smallest absolute Gasteiger partial charge is 0.268 e. The zero-order chi connectivity index (χ0) is 9.10. The molecule has 0 spiro atoms. The van der Waals surface area contributed by atoms with Crippen LogP contribution >= 0.6 is 23.1 Å². The van der Waals surface area contributed by atoms with Crippen molar-refractivity contribution >= 4 is 23.1 Å². The van der Waals surface area contributed by atoms with E-state index >= 15 is 0 Å². The molecule has 0 radical (unpaired) electrons. The first-order valence-electron chi connectivity index (χ1n) is 3.75. The predicted molar refractivity (Wildman–Crippen MR) is 54.8 cm³/mol. The van der Waals surface area contributed by atoms with Crippen LogP contribution in [-0.2, 0) is 5.75 Å². The van der Waals surface area contributed by atoms with E-state index < -0.39 is 0 Å². The van der Waals surface area contributed by atoms with E-state index in [2.05, 4.69) is 10.1 Å². The van der Waals surface area contributed by atoms with Gasteiger partial charge in [0.1, 0.15) is 0 Å². The maximum atomic E-state index is 5.10. The molecule has 3 nitrogen and oxygen atoms in total. The molecule has 0 N–H and O–H groups in total. The van der Waals surface area contributed by atoms with E-state index in [1.165, 1.54) is 0 Å². The largest absolute Gasteiger partial charge is 0.333 e. The van der Waals surface area contributed by atoms with E-state index in [1.807, 2.05) is 23.8 Å². The van der Waals surface area contributed by atoms with Crippen molar-refractivity contribution in [1.82, 2.24) is 10.1 Å². The van der Waals surface area contributed by atoms with Crippen molar-refractivity contribution in [2.45, 2.75) is 5.75 Å². The second-order valence-corrected chi connectivity index (χ2v) is 4.24. The third-order valence-electron chi connectivity index (χ3n) is 1.47. The van der Waals surface area contributed by atoms with Gasteiger partial charge in [0.05, 0.1) is 10.6 Å². The van der Waals surface area contributed by atoms with E-state index in [0.29, 0.717) is 5.89 Å². The summed E-state index contributed by atoms with van der Waals surface area (Å²) < 4.78 is 5.10. The molecule has 0 saturated heterocycles. The molecule has 2 aromatic heterocycles. The van der Waals surface area contributed by atoms with Gasteiger partial charge in [0.15, 0.2) is 5.82 Å². The van der Waals surface area contributed by atoms with Gasteiger partial charge in [0, 0.05) is 0 Å². The highest BCUT2D eigenvalue weighted by Gasteiger charge is 2.08. The van der Waals surface area contributed by atoms with Gasteiger partial charge in [-0.25, -0.2) is 0 Å². The highest BCUT2D eigenvalue weighted by Crippen LogP contribution is 2.22. The Kier molecular flexibility index (Phi) is 2.65. The van der Waals surface area contributed by atoms with Crippen LogP contribution in [0.5, 0.6) is 0 Å². The SMILES string of the molecule is CSCc1noc(-c2cccs2)n1. The van der Waals surface area contributed by atoms with Crippen molar-refractivity contribution in [3.8, 4) is 10.8 Å². The molecule has 13 heavy (non-hydrogen) atoms. The molecule has 2 heterocycles. The first-order valence-corrected chi connectivity index (χ1v) is 6.03. The van der Waals surface area contributed by atoms with Crippen LogP contribution in [0.4, 0.5) is 0 Å². The fourth-order valence-electron chi connectivity index (χ4n) is 0.942. The Balaban J connectivity index is 2.23. The van der Waals surface area contributed by atoms with Crippen molar-refractivity contribution in [3.63, 3.8) is 0 Å². The third kappa shape index (κ3) is 1.92. The topological polar surface area (TPSA) is 38.9 Å². The van der Waals surface area contributed by atoms with Crippen molar-refractivity contribution < 1.29 is 4.52 Å². The van der Waals surface area contributed by atoms with E-state index in [0.717, 1.165) is 16.5 Å². The molecule has 0 unspecified atom stereocenters. The summed E-state index contributed by atoms with van der Waals surface area (Å²) in [7, 11) is 0. The first-order chi connectivity index (χ1) is 6.40. The summed E-state index contributed by atoms with van der Waals surface area (Å²) in [5, 5.41) is 5.86. The summed E-state index contributed by atoms with van der Waals surface area (Å²) in [4.78, 5) is 5.28. The minimum atomic E-state index is 0.624. The second-order valence-electron chi connectivity index (χ2n) is 2.43. The molecule has 2 rings (SSSR count). The zero-order valence-electron chi connectivity index (χ0n) is 7.06. The van der Waals surface area contributed by atoms with E-state index in [-0.39, 0.29) is 0 Å². The zero-order valence-corrected chi connectivity index (χ0v) is 8.69. The van der Waals surface area contributed by atoms with Crippen LogP contribution in [0.2, 0.25) is 0 Å². The maximum absolute atomic E-state index is 5.10. The summed E-state index contributed by atoms with van der Waals surface area (Å²) in [6.07, 6.45) is 2.02. The van der Waals surface area contributed by atoms with Crippen LogP contribution < -0.4 is 0 Å². The standard InChI is InChI=1S/C8H8N2OS2/c1-12-5-7-9-8(11-10-7)6-3-2-4-13-6/h2-4H,5H2,1H3. The van der Waals surface area contributed by atoms with Gasteiger partial charge in [-0.15, -0.1) is 11.3 Å². The molecule has 0 aliphatic heterocycles. The molecule has 0 fully saturated rings. The fourth-order valence-corrected chi connectivity index (χ4v) is 1.96. The Hall–Kier alpha value is -0.810. The van der Waals surface area contributed by atoms with Gasteiger partial charge in [0.25, 0.3) is 5.89 Å². The van der Waals surface area contributed by atoms with Crippen LogP contribution in [-0.4, -0.2) is 16.4 Å². The van der Waals surface area contributed by atoms with Crippen molar-refractivity contribution in [3.05, 3.63) is 23.3 Å². The molecule has 0 atom stereocenters. The third-order valence-corrected chi connectivity index (χ3v) is 2.88. The summed E-state index contributed by atoms with van der Waals surface area (Å²) in [6.45, 7) is 0. The lowest BCUT2D eigenvalue weighted by atomic mass is 10.5. The Morgan fingerprint density at radius 3 is 3.23 bits per heavy atom. The summed E-state index contributed by atoms with van der Waals surface area (Å²) in [5.74, 6) is 2.18. The minimum absolute atomic E-state index is 0.624. The Bertz CT molecular complexity index is 369. The lowest BCUT2D eigenvalue weighted by Crippen LogP contribution is -1.81. The first kappa shape index (κ1) is 8.77. The maximum Gasteiger partial charge on any atom is 0.268 e. The monoisotopic (exact) mass is 212 g/mol. The second kappa shape index (κ2) is 3.93. The van der Waals surface area contributed by atoms with Gasteiger partial charge in [0.2, 0.25) is 0 Å². The van der Waals surface area contributed by atoms with Crippen LogP contribution in [0.1, 0.15) is 5.82 Å². The molecule has 5 heteroatoms. The van der Waals surface area contributed by atoms with Crippen LogP contribution in [0, 0.1) is 0 Å². The lowest BCUT2D eigenvalue weighted by Gasteiger charge is -1.84. The molecule has 0 saturated carbocycles. The summed E-state index contributed by atoms with van der Waals surface area (Å²) >= 11 is 3.29. The predicted octanol–water partition coefficient (Wildman–Crippen LogP) is 2.66. The number of hydrogen-bond acceptors (Lipinski definition) is 5. The van der Waals surface area contributed by atoms with Gasteiger partial charge in [-0.1, -0.05) is 11.2 Å². The molecular weight excluding hydrogens is 204 g/mol. The fraction of sp³-hybridized carbons (Fsp3) is 0.250. The Labute approximate surface area is 84.2 Å². The van der Waals surface area contributed by atoms with Gasteiger partial charge in [-0.2, -0.15) is 16.7 Å². The average Bonchev–Trinajstić information content (AvgIpc) is 2.70. The molecule has 0 aliphatic rings. The molecule has 0 bridgehead atoms. The minimum Gasteiger partial charge on any atom is -0.333 e. The molecule has 2 aromatic rings. The van der Waals surface area contributed by atoms with Gasteiger partial charge in [-0.05, 0) is 17.7 Å². The number of hydrogen-bond donors (Lipinski definition) is 0. The van der Waals surface area contributed by atoms with Crippen molar-refractivity contribution in [2.24, 2.45) is 0 Å². The normalized spacial score (nSPS) is 10.5. The van der Waals surface area contributed by atoms with E-state index in [1.54, 1.807) is 23.1 Å². The Morgan fingerprint density at radius 2 is 2.54 bits per heavy atom. The van der Waals surface area contributed by atoms with E-state index in [9.17, 15) is 0 Å². The number of rotatable bonds is 3. The molecular formula is C8H8N2OS2. The molecule has 0 aliphatic carbocycles. The summed E-state index contributed by atoms with van der Waals surface area (Å²) in [6, 6.07) is 3.94. The number of thiophene rings is 1.